The summed E-state index contributed by atoms with van der Waals surface area (Å²) in [6.45, 7) is 7.22. The van der Waals surface area contributed by atoms with Gasteiger partial charge in [-0.25, -0.2) is 10.0 Å². The molecule has 1 N–H and O–H groups in total. The van der Waals surface area contributed by atoms with E-state index in [1.165, 1.54) is 10.0 Å². The maximum atomic E-state index is 16.0. The Morgan fingerprint density at radius 1 is 0.783 bits per heavy atom. The number of likely N-dealkylation sites (tertiary alicyclic amines) is 1. The molecular formula is C55H58N6O7Si. The second-order valence-corrected chi connectivity index (χ2v) is 24.1. The van der Waals surface area contributed by atoms with E-state index in [1.54, 1.807) is 16.9 Å². The summed E-state index contributed by atoms with van der Waals surface area (Å²) in [6, 6.07) is 40.7. The minimum Gasteiger partial charge on any atom is -0.497 e. The van der Waals surface area contributed by atoms with Gasteiger partial charge in [-0.3, -0.25) is 19.2 Å². The van der Waals surface area contributed by atoms with E-state index in [0.29, 0.717) is 48.4 Å². The van der Waals surface area contributed by atoms with Crippen LogP contribution in [0.1, 0.15) is 74.1 Å². The summed E-state index contributed by atoms with van der Waals surface area (Å²) >= 11 is 0. The molecule has 1 spiro atoms. The molecule has 69 heavy (non-hydrogen) atoms. The Bertz CT molecular complexity index is 2860. The highest BCUT2D eigenvalue weighted by Gasteiger charge is 2.67. The Labute approximate surface area is 404 Å². The zero-order chi connectivity index (χ0) is 48.0. The third kappa shape index (κ3) is 8.27. The molecule has 5 aromatic rings. The Morgan fingerprint density at radius 3 is 2.01 bits per heavy atom. The van der Waals surface area contributed by atoms with Crippen LogP contribution in [0.4, 0.5) is 17.1 Å². The molecule has 0 aliphatic carbocycles. The van der Waals surface area contributed by atoms with Gasteiger partial charge in [-0.15, -0.1) is 0 Å². The van der Waals surface area contributed by atoms with E-state index in [9.17, 15) is 19.5 Å². The molecule has 5 aliphatic rings. The average molecular weight is 943 g/mol. The van der Waals surface area contributed by atoms with Gasteiger partial charge in [-0.05, 0) is 77.5 Å². The molecule has 5 aliphatic heterocycles. The molecule has 2 fully saturated rings. The van der Waals surface area contributed by atoms with E-state index in [2.05, 4.69) is 32.2 Å². The number of hydrogen-bond acceptors (Lipinski definition) is 9. The Kier molecular flexibility index (Phi) is 12.4. The maximum absolute atomic E-state index is 16.0. The fourth-order valence-electron chi connectivity index (χ4n) is 11.6. The molecule has 5 atom stereocenters. The molecule has 5 heterocycles. The number of hydrazone groups is 2. The zero-order valence-electron chi connectivity index (χ0n) is 39.6. The van der Waals surface area contributed by atoms with Crippen LogP contribution in [0, 0.1) is 5.92 Å². The smallest absolute Gasteiger partial charge is 0.264 e. The van der Waals surface area contributed by atoms with Crippen LogP contribution >= 0.6 is 0 Å². The SMILES string of the molecule is COc1ccc([Si](C)(C)[C@H]2[C@H](CC(=O)N3CCC[C@H]3CO)O[C@@]3(C(=O)N(Cc4cccc(N5N=C(c6ccccc6)CCC5=O)c4)c4ccc(N5N=C(c6ccccc6)CCC5=O)cc43)[C@@H]2C)cc1. The second kappa shape index (κ2) is 18.6. The van der Waals surface area contributed by atoms with Gasteiger partial charge in [0.2, 0.25) is 17.7 Å². The van der Waals surface area contributed by atoms with Gasteiger partial charge >= 0.3 is 0 Å². The number of anilines is 3. The molecule has 0 radical (unpaired) electrons. The molecule has 5 aromatic carbocycles. The number of rotatable bonds is 12. The fraction of sp³-hybridized carbons (Fsp3) is 0.345. The van der Waals surface area contributed by atoms with Crippen molar-refractivity contribution in [3.8, 4) is 5.75 Å². The van der Waals surface area contributed by atoms with Crippen molar-refractivity contribution >= 4 is 65.4 Å². The van der Waals surface area contributed by atoms with Crippen LogP contribution in [0.2, 0.25) is 18.6 Å². The van der Waals surface area contributed by atoms with Gasteiger partial charge in [-0.1, -0.05) is 110 Å². The van der Waals surface area contributed by atoms with Gasteiger partial charge in [0, 0.05) is 43.7 Å². The summed E-state index contributed by atoms with van der Waals surface area (Å²) < 4.78 is 13.0. The Morgan fingerprint density at radius 2 is 1.41 bits per heavy atom. The van der Waals surface area contributed by atoms with Crippen molar-refractivity contribution in [3.05, 3.63) is 150 Å². The lowest BCUT2D eigenvalue weighted by molar-refractivity contribution is -0.150. The summed E-state index contributed by atoms with van der Waals surface area (Å²) in [5.41, 5.74) is 4.82. The first-order chi connectivity index (χ1) is 33.4. The maximum Gasteiger partial charge on any atom is 0.264 e. The van der Waals surface area contributed by atoms with Crippen molar-refractivity contribution in [2.45, 2.75) is 94.8 Å². The molecule has 0 unspecified atom stereocenters. The number of aliphatic hydroxyl groups excluding tert-OH is 1. The highest BCUT2D eigenvalue weighted by atomic mass is 28.3. The van der Waals surface area contributed by atoms with Crippen LogP contribution < -0.4 is 24.8 Å². The number of ether oxygens (including phenoxy) is 2. The van der Waals surface area contributed by atoms with E-state index >= 15 is 4.79 Å². The number of nitrogens with zero attached hydrogens (tertiary/aromatic N) is 6. The summed E-state index contributed by atoms with van der Waals surface area (Å²) in [5, 5.41) is 24.1. The van der Waals surface area contributed by atoms with Crippen LogP contribution in [-0.4, -0.2) is 85.5 Å². The number of aliphatic hydroxyl groups is 1. The van der Waals surface area contributed by atoms with Gasteiger partial charge in [0.25, 0.3) is 5.91 Å². The van der Waals surface area contributed by atoms with Gasteiger partial charge in [0.15, 0.2) is 5.60 Å². The number of fused-ring (bicyclic) bond motifs is 2. The molecular weight excluding hydrogens is 885 g/mol. The molecule has 10 rings (SSSR count). The lowest BCUT2D eigenvalue weighted by atomic mass is 9.82. The third-order valence-corrected chi connectivity index (χ3v) is 19.5. The van der Waals surface area contributed by atoms with E-state index in [0.717, 1.165) is 51.9 Å². The lowest BCUT2D eigenvalue weighted by Gasteiger charge is -2.37. The summed E-state index contributed by atoms with van der Waals surface area (Å²) in [4.78, 5) is 61.3. The second-order valence-electron chi connectivity index (χ2n) is 19.4. The van der Waals surface area contributed by atoms with Gasteiger partial charge < -0.3 is 24.4 Å². The van der Waals surface area contributed by atoms with E-state index in [4.69, 9.17) is 19.7 Å². The van der Waals surface area contributed by atoms with Crippen molar-refractivity contribution in [2.24, 2.45) is 16.1 Å². The molecule has 13 nitrogen and oxygen atoms in total. The van der Waals surface area contributed by atoms with Crippen LogP contribution in [-0.2, 0) is 36.1 Å². The van der Waals surface area contributed by atoms with Gasteiger partial charge in [-0.2, -0.15) is 10.2 Å². The Hall–Kier alpha value is -6.74. The van der Waals surface area contributed by atoms with Crippen LogP contribution in [0.3, 0.4) is 0 Å². The van der Waals surface area contributed by atoms with Gasteiger partial charge in [0.1, 0.15) is 5.75 Å². The van der Waals surface area contributed by atoms with Crippen molar-refractivity contribution < 1.29 is 33.8 Å². The first-order valence-electron chi connectivity index (χ1n) is 24.1. The summed E-state index contributed by atoms with van der Waals surface area (Å²) in [6.07, 6.45) is 2.51. The first-order valence-corrected chi connectivity index (χ1v) is 27.2. The third-order valence-electron chi connectivity index (χ3n) is 15.1. The molecule has 2 saturated heterocycles. The normalized spacial score (nSPS) is 23.7. The predicted molar refractivity (Wildman–Crippen MR) is 269 cm³/mol. The molecule has 4 amide bonds. The molecule has 0 bridgehead atoms. The van der Waals surface area contributed by atoms with E-state index in [-0.39, 0.29) is 61.2 Å². The minimum absolute atomic E-state index is 0.0366. The summed E-state index contributed by atoms with van der Waals surface area (Å²) in [5.74, 6) is -0.359. The van der Waals surface area contributed by atoms with E-state index < -0.39 is 25.7 Å². The Balaban J connectivity index is 1.08. The van der Waals surface area contributed by atoms with Crippen molar-refractivity contribution in [2.75, 3.05) is 35.2 Å². The molecule has 0 saturated carbocycles. The van der Waals surface area contributed by atoms with Crippen LogP contribution in [0.25, 0.3) is 0 Å². The zero-order valence-corrected chi connectivity index (χ0v) is 40.6. The number of hydrogen-bond donors (Lipinski definition) is 1. The quantitative estimate of drug-likeness (QED) is 0.125. The van der Waals surface area contributed by atoms with Crippen molar-refractivity contribution in [1.29, 1.82) is 0 Å². The van der Waals surface area contributed by atoms with Crippen LogP contribution in [0.15, 0.2) is 138 Å². The standard InChI is InChI=1S/C55H58N6O7Si/c1-36-53(69(3,4)44-23-21-43(67-2)22-24-44)49(33-52(65)58-30-12-19-42(58)35-62)68-55(36)45-32-41(61-51(64)29-26-47(57-61)39-16-9-6-10-17-39)20-27-48(45)59(54(55)66)34-37-13-11-18-40(31-37)60-50(63)28-25-46(56-60)38-14-7-5-8-15-38/h5-11,13-18,20-24,27,31-32,36,42,49,53,62H,12,19,25-26,28-30,33-35H2,1-4H3/t36-,42+,49+,53-,55+/m1/s1. The number of carbonyl (C=O) groups is 4. The highest BCUT2D eigenvalue weighted by Crippen LogP contribution is 2.61. The predicted octanol–water partition coefficient (Wildman–Crippen LogP) is 7.89. The largest absolute Gasteiger partial charge is 0.497 e. The lowest BCUT2D eigenvalue weighted by Crippen LogP contribution is -2.52. The average Bonchev–Trinajstić information content (AvgIpc) is 4.05. The molecule has 354 valence electrons. The number of methoxy groups -OCH3 is 1. The van der Waals surface area contributed by atoms with E-state index in [1.807, 2.05) is 115 Å². The van der Waals surface area contributed by atoms with Crippen molar-refractivity contribution in [1.82, 2.24) is 4.90 Å². The van der Waals surface area contributed by atoms with Crippen molar-refractivity contribution in [3.63, 3.8) is 0 Å². The molecule has 14 heteroatoms. The fourth-order valence-corrected chi connectivity index (χ4v) is 15.6. The highest BCUT2D eigenvalue weighted by molar-refractivity contribution is 6.91. The summed E-state index contributed by atoms with van der Waals surface area (Å²) in [7, 11) is -1.01. The topological polar surface area (TPSA) is 145 Å². The monoisotopic (exact) mass is 942 g/mol. The minimum atomic E-state index is -2.66. The molecule has 0 aromatic heterocycles. The first kappa shape index (κ1) is 46.0. The van der Waals surface area contributed by atoms with Crippen LogP contribution in [0.5, 0.6) is 5.75 Å². The number of benzene rings is 5. The number of amides is 4. The van der Waals surface area contributed by atoms with Gasteiger partial charge in [0.05, 0.1) is 75.4 Å². The number of carbonyl (C=O) groups excluding carboxylic acids is 4.